The molecule has 0 saturated heterocycles. The highest BCUT2D eigenvalue weighted by molar-refractivity contribution is 6.12. The Hall–Kier alpha value is -1.19. The molecule has 0 radical (unpaired) electrons. The van der Waals surface area contributed by atoms with Gasteiger partial charge in [0.2, 0.25) is 0 Å². The molecule has 0 amide bonds. The Bertz CT molecular complexity index is 363. The smallest absolute Gasteiger partial charge is 0.348 e. The summed E-state index contributed by atoms with van der Waals surface area (Å²) in [5.74, 6) is -0.659. The Balaban J connectivity index is 2.36. The van der Waals surface area contributed by atoms with Gasteiger partial charge in [-0.25, -0.2) is 0 Å². The van der Waals surface area contributed by atoms with Crippen molar-refractivity contribution in [3.05, 3.63) is 23.8 Å². The lowest BCUT2D eigenvalue weighted by molar-refractivity contribution is -0.112. The molecule has 1 aromatic carbocycles. The van der Waals surface area contributed by atoms with Crippen molar-refractivity contribution in [1.82, 2.24) is 0 Å². The number of alkyl halides is 1. The highest BCUT2D eigenvalue weighted by Crippen LogP contribution is 2.40. The van der Waals surface area contributed by atoms with Crippen LogP contribution in [0.2, 0.25) is 0 Å². The quantitative estimate of drug-likeness (QED) is 0.634. The summed E-state index contributed by atoms with van der Waals surface area (Å²) in [7, 11) is 1.25. The molecule has 2 nitrogen and oxygen atoms in total. The fraction of sp³-hybridized carbons (Fsp3) is 0.400. The summed E-state index contributed by atoms with van der Waals surface area (Å²) in [5, 5.41) is 0. The van der Waals surface area contributed by atoms with E-state index in [9.17, 15) is 4.39 Å². The average Bonchev–Trinajstić information content (AvgIpc) is 2.36. The van der Waals surface area contributed by atoms with Crippen molar-refractivity contribution in [3.8, 4) is 11.5 Å². The summed E-state index contributed by atoms with van der Waals surface area (Å²) in [6, 6.07) is 5.49. The van der Waals surface area contributed by atoms with E-state index in [1.165, 1.54) is 7.85 Å². The number of halogens is 1. The van der Waals surface area contributed by atoms with Gasteiger partial charge in [0.1, 0.15) is 0 Å². The van der Waals surface area contributed by atoms with E-state index in [2.05, 4.69) is 13.8 Å². The number of hydrogen-bond donors (Lipinski definition) is 0. The van der Waals surface area contributed by atoms with E-state index in [0.29, 0.717) is 17.4 Å². The predicted octanol–water partition coefficient (Wildman–Crippen LogP) is 1.80. The highest BCUT2D eigenvalue weighted by Gasteiger charge is 2.36. The lowest BCUT2D eigenvalue weighted by Gasteiger charge is -2.11. The predicted molar refractivity (Wildman–Crippen MR) is 54.2 cm³/mol. The first kappa shape index (κ1) is 9.37. The van der Waals surface area contributed by atoms with Crippen LogP contribution in [0.1, 0.15) is 25.3 Å². The third-order valence-electron chi connectivity index (χ3n) is 2.22. The van der Waals surface area contributed by atoms with Gasteiger partial charge < -0.3 is 9.47 Å². The maximum atomic E-state index is 13.3. The highest BCUT2D eigenvalue weighted by atomic mass is 19.2. The molecule has 0 bridgehead atoms. The molecule has 0 aromatic heterocycles. The Morgan fingerprint density at radius 2 is 1.93 bits per heavy atom. The Kier molecular flexibility index (Phi) is 1.94. The number of fused-ring (bicyclic) bond motifs is 1. The van der Waals surface area contributed by atoms with Gasteiger partial charge in [-0.2, -0.15) is 4.39 Å². The standard InChI is InChI=1S/C10H12BFO2/c1-6(2)7-3-4-8-9(5-7)14-10(11,12)13-8/h3-6H,11H2,1-2H3. The molecule has 0 fully saturated rings. The van der Waals surface area contributed by atoms with Gasteiger partial charge in [-0.1, -0.05) is 19.9 Å². The van der Waals surface area contributed by atoms with Crippen LogP contribution in [0.3, 0.4) is 0 Å². The zero-order valence-electron chi connectivity index (χ0n) is 8.50. The normalized spacial score (nSPS) is 24.3. The molecular formula is C10H12BFO2. The molecule has 1 aliphatic heterocycles. The molecule has 1 aliphatic rings. The Morgan fingerprint density at radius 1 is 1.29 bits per heavy atom. The zero-order chi connectivity index (χ0) is 10.3. The molecule has 74 valence electrons. The maximum Gasteiger partial charge on any atom is 0.348 e. The van der Waals surface area contributed by atoms with E-state index in [4.69, 9.17) is 9.47 Å². The summed E-state index contributed by atoms with van der Waals surface area (Å²) in [5.41, 5.74) is 1.12. The fourth-order valence-electron chi connectivity index (χ4n) is 1.46. The third-order valence-corrected chi connectivity index (χ3v) is 2.22. The summed E-state index contributed by atoms with van der Waals surface area (Å²) >= 11 is 0. The van der Waals surface area contributed by atoms with Crippen LogP contribution in [-0.2, 0) is 0 Å². The third kappa shape index (κ3) is 1.56. The molecule has 1 unspecified atom stereocenters. The van der Waals surface area contributed by atoms with E-state index in [1.807, 2.05) is 12.1 Å². The van der Waals surface area contributed by atoms with Crippen molar-refractivity contribution in [2.45, 2.75) is 25.7 Å². The van der Waals surface area contributed by atoms with E-state index >= 15 is 0 Å². The average molecular weight is 194 g/mol. The van der Waals surface area contributed by atoms with Crippen LogP contribution >= 0.6 is 0 Å². The first-order chi connectivity index (χ1) is 6.48. The number of hydrogen-bond acceptors (Lipinski definition) is 2. The van der Waals surface area contributed by atoms with Gasteiger partial charge in [0, 0.05) is 0 Å². The van der Waals surface area contributed by atoms with Crippen LogP contribution in [0.4, 0.5) is 4.39 Å². The number of rotatable bonds is 1. The molecular weight excluding hydrogens is 182 g/mol. The van der Waals surface area contributed by atoms with E-state index in [-0.39, 0.29) is 0 Å². The minimum atomic E-state index is -2.02. The van der Waals surface area contributed by atoms with Gasteiger partial charge >= 0.3 is 5.94 Å². The van der Waals surface area contributed by atoms with Crippen LogP contribution in [0.15, 0.2) is 18.2 Å². The van der Waals surface area contributed by atoms with Gasteiger partial charge in [-0.05, 0) is 23.6 Å². The van der Waals surface area contributed by atoms with Crippen LogP contribution in [0.25, 0.3) is 0 Å². The van der Waals surface area contributed by atoms with Crippen LogP contribution in [0.5, 0.6) is 11.5 Å². The molecule has 1 aromatic rings. The maximum absolute atomic E-state index is 13.3. The molecule has 0 aliphatic carbocycles. The second kappa shape index (κ2) is 2.90. The fourth-order valence-corrected chi connectivity index (χ4v) is 1.46. The van der Waals surface area contributed by atoms with Gasteiger partial charge in [0.15, 0.2) is 11.5 Å². The van der Waals surface area contributed by atoms with Crippen molar-refractivity contribution in [3.63, 3.8) is 0 Å². The summed E-state index contributed by atoms with van der Waals surface area (Å²) < 4.78 is 23.2. The van der Waals surface area contributed by atoms with Gasteiger partial charge in [0.05, 0.1) is 0 Å². The minimum Gasteiger partial charge on any atom is -0.431 e. The second-order valence-corrected chi connectivity index (χ2v) is 3.90. The summed E-state index contributed by atoms with van der Waals surface area (Å²) in [6.07, 6.45) is 0. The van der Waals surface area contributed by atoms with Crippen LogP contribution < -0.4 is 9.47 Å². The largest absolute Gasteiger partial charge is 0.431 e. The summed E-state index contributed by atoms with van der Waals surface area (Å²) in [6.45, 7) is 4.15. The number of benzene rings is 1. The van der Waals surface area contributed by atoms with Crippen molar-refractivity contribution >= 4 is 7.85 Å². The molecule has 0 spiro atoms. The van der Waals surface area contributed by atoms with E-state index in [0.717, 1.165) is 5.56 Å². The van der Waals surface area contributed by atoms with Crippen LogP contribution in [-0.4, -0.2) is 13.8 Å². The van der Waals surface area contributed by atoms with Gasteiger partial charge in [0.25, 0.3) is 7.85 Å². The molecule has 4 heteroatoms. The molecule has 2 rings (SSSR count). The Labute approximate surface area is 83.4 Å². The first-order valence-corrected chi connectivity index (χ1v) is 4.69. The lowest BCUT2D eigenvalue weighted by atomic mass is 10.0. The van der Waals surface area contributed by atoms with Gasteiger partial charge in [-0.15, -0.1) is 0 Å². The van der Waals surface area contributed by atoms with Crippen LogP contribution in [0, 0.1) is 0 Å². The molecule has 1 heterocycles. The SMILES string of the molecule is BC1(F)Oc2ccc(C(C)C)cc2O1. The van der Waals surface area contributed by atoms with Crippen molar-refractivity contribution in [2.75, 3.05) is 0 Å². The topological polar surface area (TPSA) is 18.5 Å². The minimum absolute atomic E-state index is 0.398. The molecule has 14 heavy (non-hydrogen) atoms. The monoisotopic (exact) mass is 194 g/mol. The van der Waals surface area contributed by atoms with E-state index < -0.39 is 5.94 Å². The summed E-state index contributed by atoms with van der Waals surface area (Å²) in [4.78, 5) is 0. The molecule has 1 atom stereocenters. The van der Waals surface area contributed by atoms with Crippen molar-refractivity contribution in [1.29, 1.82) is 0 Å². The van der Waals surface area contributed by atoms with E-state index in [1.54, 1.807) is 6.07 Å². The molecule has 0 saturated carbocycles. The van der Waals surface area contributed by atoms with Crippen molar-refractivity contribution in [2.24, 2.45) is 0 Å². The zero-order valence-corrected chi connectivity index (χ0v) is 8.50. The van der Waals surface area contributed by atoms with Crippen molar-refractivity contribution < 1.29 is 13.9 Å². The number of ether oxygens (including phenoxy) is 2. The molecule has 0 N–H and O–H groups in total. The first-order valence-electron chi connectivity index (χ1n) is 4.69. The lowest BCUT2D eigenvalue weighted by Crippen LogP contribution is -2.32. The van der Waals surface area contributed by atoms with Gasteiger partial charge in [-0.3, -0.25) is 0 Å². The second-order valence-electron chi connectivity index (χ2n) is 3.90. The Morgan fingerprint density at radius 3 is 2.57 bits per heavy atom.